The molecule has 1 atom stereocenters. The number of aliphatic hydroxyl groups excluding tert-OH is 1. The second-order valence-corrected chi connectivity index (χ2v) is 4.36. The number of aliphatic hydroxyl groups is 1. The van der Waals surface area contributed by atoms with Gasteiger partial charge >= 0.3 is 6.61 Å². The third-order valence-electron chi connectivity index (χ3n) is 2.88. The van der Waals surface area contributed by atoms with Gasteiger partial charge in [-0.1, -0.05) is 24.3 Å². The van der Waals surface area contributed by atoms with E-state index in [2.05, 4.69) is 4.74 Å². The quantitative estimate of drug-likeness (QED) is 0.881. The minimum Gasteiger partial charge on any atom is -0.494 e. The van der Waals surface area contributed by atoms with Crippen LogP contribution in [0.2, 0.25) is 0 Å². The van der Waals surface area contributed by atoms with Gasteiger partial charge < -0.3 is 14.6 Å². The Hall–Kier alpha value is -2.14. The van der Waals surface area contributed by atoms with E-state index in [1.807, 2.05) is 6.92 Å². The molecule has 1 N–H and O–H groups in total. The fourth-order valence-corrected chi connectivity index (χ4v) is 1.99. The average molecular weight is 294 g/mol. The van der Waals surface area contributed by atoms with Crippen molar-refractivity contribution in [1.82, 2.24) is 0 Å². The smallest absolute Gasteiger partial charge is 0.387 e. The molecule has 5 heteroatoms. The molecule has 0 saturated heterocycles. The molecular weight excluding hydrogens is 278 g/mol. The van der Waals surface area contributed by atoms with E-state index in [1.165, 1.54) is 12.1 Å². The van der Waals surface area contributed by atoms with E-state index in [0.717, 1.165) is 0 Å². The molecule has 1 unspecified atom stereocenters. The lowest BCUT2D eigenvalue weighted by molar-refractivity contribution is -0.0499. The molecule has 0 aromatic heterocycles. The van der Waals surface area contributed by atoms with Crippen molar-refractivity contribution in [3.8, 4) is 11.5 Å². The minimum atomic E-state index is -2.89. The first-order chi connectivity index (χ1) is 10.1. The van der Waals surface area contributed by atoms with Gasteiger partial charge in [0.25, 0.3) is 0 Å². The van der Waals surface area contributed by atoms with Crippen LogP contribution in [-0.4, -0.2) is 18.3 Å². The Morgan fingerprint density at radius 3 is 2.14 bits per heavy atom. The Bertz CT molecular complexity index is 587. The largest absolute Gasteiger partial charge is 0.494 e. The maximum absolute atomic E-state index is 12.2. The lowest BCUT2D eigenvalue weighted by Crippen LogP contribution is -2.04. The van der Waals surface area contributed by atoms with Crippen molar-refractivity contribution in [3.63, 3.8) is 0 Å². The third-order valence-corrected chi connectivity index (χ3v) is 2.88. The minimum absolute atomic E-state index is 0.0162. The molecule has 2 rings (SSSR count). The Morgan fingerprint density at radius 2 is 1.57 bits per heavy atom. The van der Waals surface area contributed by atoms with Crippen molar-refractivity contribution in [1.29, 1.82) is 0 Å². The Balaban J connectivity index is 2.22. The van der Waals surface area contributed by atoms with Crippen molar-refractivity contribution in [2.45, 2.75) is 19.6 Å². The SMILES string of the molecule is CCOc1cccc(C(O)c2cccc(OC(F)F)c2)c1. The van der Waals surface area contributed by atoms with Gasteiger partial charge in [0.05, 0.1) is 6.61 Å². The molecule has 3 nitrogen and oxygen atoms in total. The highest BCUT2D eigenvalue weighted by atomic mass is 19.3. The standard InChI is InChI=1S/C16H16F2O3/c1-2-20-13-7-3-5-11(9-13)15(19)12-6-4-8-14(10-12)21-16(17)18/h3-10,15-16,19H,2H2,1H3. The van der Waals surface area contributed by atoms with Crippen LogP contribution in [0.15, 0.2) is 48.5 Å². The van der Waals surface area contributed by atoms with Gasteiger partial charge in [-0.15, -0.1) is 0 Å². The summed E-state index contributed by atoms with van der Waals surface area (Å²) in [6, 6.07) is 13.0. The zero-order chi connectivity index (χ0) is 15.2. The van der Waals surface area contributed by atoms with Crippen molar-refractivity contribution in [3.05, 3.63) is 59.7 Å². The van der Waals surface area contributed by atoms with Crippen LogP contribution in [0, 0.1) is 0 Å². The number of ether oxygens (including phenoxy) is 2. The molecule has 0 aliphatic rings. The first-order valence-electron chi connectivity index (χ1n) is 6.55. The summed E-state index contributed by atoms with van der Waals surface area (Å²) in [7, 11) is 0. The van der Waals surface area contributed by atoms with Gasteiger partial charge in [-0.3, -0.25) is 0 Å². The summed E-state index contributed by atoms with van der Waals surface area (Å²) in [6.45, 7) is -0.496. The van der Waals surface area contributed by atoms with E-state index >= 15 is 0 Å². The molecule has 0 aliphatic heterocycles. The van der Waals surface area contributed by atoms with Crippen LogP contribution in [0.4, 0.5) is 8.78 Å². The summed E-state index contributed by atoms with van der Waals surface area (Å²) in [5.41, 5.74) is 1.09. The number of hydrogen-bond acceptors (Lipinski definition) is 3. The summed E-state index contributed by atoms with van der Waals surface area (Å²) in [5.74, 6) is 0.663. The molecule has 21 heavy (non-hydrogen) atoms. The molecule has 0 radical (unpaired) electrons. The monoisotopic (exact) mass is 294 g/mol. The van der Waals surface area contributed by atoms with Crippen LogP contribution in [-0.2, 0) is 0 Å². The van der Waals surface area contributed by atoms with Crippen LogP contribution in [0.1, 0.15) is 24.2 Å². The lowest BCUT2D eigenvalue weighted by Gasteiger charge is -2.14. The molecule has 0 heterocycles. The summed E-state index contributed by atoms with van der Waals surface area (Å²) < 4.78 is 34.1. The van der Waals surface area contributed by atoms with Crippen LogP contribution in [0.25, 0.3) is 0 Å². The van der Waals surface area contributed by atoms with Gasteiger partial charge in [0, 0.05) is 0 Å². The van der Waals surface area contributed by atoms with Gasteiger partial charge in [-0.2, -0.15) is 8.78 Å². The van der Waals surface area contributed by atoms with Gasteiger partial charge in [0.1, 0.15) is 17.6 Å². The molecule has 0 aliphatic carbocycles. The molecule has 0 saturated carbocycles. The summed E-state index contributed by atoms with van der Waals surface area (Å²) in [6.07, 6.45) is -0.938. The Morgan fingerprint density at radius 1 is 1.00 bits per heavy atom. The van der Waals surface area contributed by atoms with Crippen LogP contribution < -0.4 is 9.47 Å². The molecule has 0 spiro atoms. The van der Waals surface area contributed by atoms with Crippen LogP contribution in [0.5, 0.6) is 11.5 Å². The van der Waals surface area contributed by atoms with Crippen molar-refractivity contribution in [2.24, 2.45) is 0 Å². The summed E-state index contributed by atoms with van der Waals surface area (Å²) in [5, 5.41) is 10.3. The Labute approximate surface area is 121 Å². The maximum Gasteiger partial charge on any atom is 0.387 e. The van der Waals surface area contributed by atoms with E-state index in [9.17, 15) is 13.9 Å². The second kappa shape index (κ2) is 7.04. The van der Waals surface area contributed by atoms with E-state index in [0.29, 0.717) is 23.5 Å². The van der Waals surface area contributed by atoms with Crippen molar-refractivity contribution in [2.75, 3.05) is 6.61 Å². The van der Waals surface area contributed by atoms with Crippen molar-refractivity contribution < 1.29 is 23.4 Å². The fraction of sp³-hybridized carbons (Fsp3) is 0.250. The van der Waals surface area contributed by atoms with Gasteiger partial charge in [0.15, 0.2) is 0 Å². The molecule has 112 valence electrons. The van der Waals surface area contributed by atoms with E-state index in [-0.39, 0.29) is 5.75 Å². The zero-order valence-corrected chi connectivity index (χ0v) is 11.5. The number of alkyl halides is 2. The first kappa shape index (κ1) is 15.3. The molecule has 0 bridgehead atoms. The number of benzene rings is 2. The zero-order valence-electron chi connectivity index (χ0n) is 11.5. The fourth-order valence-electron chi connectivity index (χ4n) is 1.99. The normalized spacial score (nSPS) is 12.2. The van der Waals surface area contributed by atoms with E-state index in [1.54, 1.807) is 36.4 Å². The van der Waals surface area contributed by atoms with Crippen LogP contribution in [0.3, 0.4) is 0 Å². The highest BCUT2D eigenvalue weighted by molar-refractivity contribution is 5.38. The molecular formula is C16H16F2O3. The van der Waals surface area contributed by atoms with Gasteiger partial charge in [-0.25, -0.2) is 0 Å². The molecule has 2 aromatic carbocycles. The number of rotatable bonds is 6. The predicted octanol–water partition coefficient (Wildman–Crippen LogP) is 3.77. The summed E-state index contributed by atoms with van der Waals surface area (Å²) >= 11 is 0. The topological polar surface area (TPSA) is 38.7 Å². The van der Waals surface area contributed by atoms with E-state index in [4.69, 9.17) is 4.74 Å². The van der Waals surface area contributed by atoms with Crippen LogP contribution >= 0.6 is 0 Å². The number of halogens is 2. The highest BCUT2D eigenvalue weighted by Gasteiger charge is 2.13. The predicted molar refractivity (Wildman–Crippen MR) is 74.7 cm³/mol. The second-order valence-electron chi connectivity index (χ2n) is 4.36. The third kappa shape index (κ3) is 4.16. The van der Waals surface area contributed by atoms with Gasteiger partial charge in [0.2, 0.25) is 0 Å². The molecule has 0 fully saturated rings. The summed E-state index contributed by atoms with van der Waals surface area (Å²) in [4.78, 5) is 0. The first-order valence-corrected chi connectivity index (χ1v) is 6.55. The highest BCUT2D eigenvalue weighted by Crippen LogP contribution is 2.27. The van der Waals surface area contributed by atoms with Crippen molar-refractivity contribution >= 4 is 0 Å². The molecule has 0 amide bonds. The van der Waals surface area contributed by atoms with E-state index < -0.39 is 12.7 Å². The van der Waals surface area contributed by atoms with Gasteiger partial charge in [-0.05, 0) is 42.3 Å². The average Bonchev–Trinajstić information content (AvgIpc) is 2.47. The Kier molecular flexibility index (Phi) is 5.11. The molecule has 2 aromatic rings. The number of hydrogen-bond donors (Lipinski definition) is 1. The lowest BCUT2D eigenvalue weighted by atomic mass is 10.0. The maximum atomic E-state index is 12.2.